The molecule has 3 aromatic rings. The maximum Gasteiger partial charge on any atom is 0.251 e. The van der Waals surface area contributed by atoms with Gasteiger partial charge in [-0.2, -0.15) is 0 Å². The number of hydrogen-bond acceptors (Lipinski definition) is 4. The van der Waals surface area contributed by atoms with E-state index in [-0.39, 0.29) is 23.6 Å². The summed E-state index contributed by atoms with van der Waals surface area (Å²) >= 11 is 1.25. The topological polar surface area (TPSA) is 58.6 Å². The lowest BCUT2D eigenvalue weighted by molar-refractivity contribution is -0.118. The van der Waals surface area contributed by atoms with Crippen LogP contribution >= 0.6 is 11.8 Å². The van der Waals surface area contributed by atoms with Crippen molar-refractivity contribution in [3.63, 3.8) is 0 Å². The molecule has 188 valence electrons. The summed E-state index contributed by atoms with van der Waals surface area (Å²) in [6, 6.07) is 10.1. The SMILES string of the molecule is CCOc1cccc(F)c1CN1C(=O)C(C)Sc2cc(C(=O)NCc3c(F)cc(F)cc3F)ccc21. The molecule has 1 aliphatic heterocycles. The Bertz CT molecular complexity index is 1310. The molecule has 0 saturated heterocycles. The van der Waals surface area contributed by atoms with Gasteiger partial charge in [0.2, 0.25) is 5.91 Å². The van der Waals surface area contributed by atoms with Crippen LogP contribution in [0.1, 0.15) is 35.3 Å². The van der Waals surface area contributed by atoms with E-state index in [1.807, 2.05) is 0 Å². The Morgan fingerprint density at radius 1 is 1.03 bits per heavy atom. The van der Waals surface area contributed by atoms with Crippen LogP contribution in [-0.4, -0.2) is 23.7 Å². The van der Waals surface area contributed by atoms with Crippen LogP contribution in [0.4, 0.5) is 23.2 Å². The zero-order valence-electron chi connectivity index (χ0n) is 19.4. The number of amides is 2. The highest BCUT2D eigenvalue weighted by Gasteiger charge is 2.32. The maximum atomic E-state index is 14.7. The number of thioether (sulfide) groups is 1. The van der Waals surface area contributed by atoms with Gasteiger partial charge in [-0.1, -0.05) is 6.07 Å². The van der Waals surface area contributed by atoms with E-state index in [1.54, 1.807) is 32.0 Å². The lowest BCUT2D eigenvalue weighted by Gasteiger charge is -2.33. The number of nitrogens with one attached hydrogen (secondary N) is 1. The van der Waals surface area contributed by atoms with Crippen molar-refractivity contribution in [2.75, 3.05) is 11.5 Å². The van der Waals surface area contributed by atoms with Gasteiger partial charge in [0, 0.05) is 40.3 Å². The number of fused-ring (bicyclic) bond motifs is 1. The Kier molecular flexibility index (Phi) is 7.53. The summed E-state index contributed by atoms with van der Waals surface area (Å²) in [5.74, 6) is -4.24. The molecule has 3 aromatic carbocycles. The fraction of sp³-hybridized carbons (Fsp3) is 0.231. The molecule has 10 heteroatoms. The van der Waals surface area contributed by atoms with E-state index >= 15 is 0 Å². The molecule has 1 atom stereocenters. The number of anilines is 1. The van der Waals surface area contributed by atoms with Gasteiger partial charge in [0.1, 0.15) is 29.0 Å². The molecule has 1 aliphatic rings. The molecule has 1 N–H and O–H groups in total. The molecule has 0 aromatic heterocycles. The number of carbonyl (C=O) groups excluding carboxylic acids is 2. The third-order valence-corrected chi connectivity index (χ3v) is 6.79. The van der Waals surface area contributed by atoms with E-state index in [0.717, 1.165) is 0 Å². The minimum Gasteiger partial charge on any atom is -0.493 e. The highest BCUT2D eigenvalue weighted by Crippen LogP contribution is 2.41. The van der Waals surface area contributed by atoms with Crippen molar-refractivity contribution in [1.82, 2.24) is 5.32 Å². The van der Waals surface area contributed by atoms with Crippen LogP contribution < -0.4 is 15.0 Å². The van der Waals surface area contributed by atoms with Gasteiger partial charge in [0.05, 0.1) is 24.1 Å². The van der Waals surface area contributed by atoms with Gasteiger partial charge in [-0.15, -0.1) is 11.8 Å². The summed E-state index contributed by atoms with van der Waals surface area (Å²) in [6.07, 6.45) is 0. The van der Waals surface area contributed by atoms with E-state index in [1.165, 1.54) is 34.9 Å². The van der Waals surface area contributed by atoms with Crippen molar-refractivity contribution in [3.8, 4) is 5.75 Å². The number of nitrogens with zero attached hydrogens (tertiary/aromatic N) is 1. The van der Waals surface area contributed by atoms with Crippen molar-refractivity contribution in [3.05, 3.63) is 88.5 Å². The lowest BCUT2D eigenvalue weighted by Crippen LogP contribution is -2.39. The normalized spacial score (nSPS) is 15.0. The molecule has 2 amide bonds. The lowest BCUT2D eigenvalue weighted by atomic mass is 10.1. The smallest absolute Gasteiger partial charge is 0.251 e. The molecule has 1 unspecified atom stereocenters. The van der Waals surface area contributed by atoms with Crippen LogP contribution in [0.2, 0.25) is 0 Å². The third-order valence-electron chi connectivity index (χ3n) is 5.65. The molecule has 0 aliphatic carbocycles. The molecule has 0 spiro atoms. The average Bonchev–Trinajstić information content (AvgIpc) is 2.82. The molecule has 36 heavy (non-hydrogen) atoms. The molecule has 5 nitrogen and oxygen atoms in total. The van der Waals surface area contributed by atoms with Gasteiger partial charge in [-0.25, -0.2) is 17.6 Å². The molecule has 0 fully saturated rings. The quantitative estimate of drug-likeness (QED) is 0.414. The van der Waals surface area contributed by atoms with Gasteiger partial charge in [-0.05, 0) is 44.2 Å². The van der Waals surface area contributed by atoms with Crippen molar-refractivity contribution < 1.29 is 31.9 Å². The average molecular weight is 519 g/mol. The molecule has 1 heterocycles. The predicted octanol–water partition coefficient (Wildman–Crippen LogP) is 5.60. The summed E-state index contributed by atoms with van der Waals surface area (Å²) in [7, 11) is 0. The molecular weight excluding hydrogens is 496 g/mol. The van der Waals surface area contributed by atoms with Crippen molar-refractivity contribution in [2.45, 2.75) is 37.1 Å². The zero-order chi connectivity index (χ0) is 26.0. The van der Waals surface area contributed by atoms with Crippen LogP contribution in [-0.2, 0) is 17.9 Å². The molecular formula is C26H22F4N2O3S. The number of halogens is 4. The Balaban J connectivity index is 1.58. The van der Waals surface area contributed by atoms with Crippen LogP contribution in [0, 0.1) is 23.3 Å². The van der Waals surface area contributed by atoms with Crippen molar-refractivity contribution in [1.29, 1.82) is 0 Å². The second-order valence-corrected chi connectivity index (χ2v) is 9.43. The maximum absolute atomic E-state index is 14.7. The summed E-state index contributed by atoms with van der Waals surface area (Å²) in [6.45, 7) is 3.28. The second kappa shape index (κ2) is 10.6. The Hall–Kier alpha value is -3.53. The Labute approximate surface area is 209 Å². The monoisotopic (exact) mass is 518 g/mol. The first-order valence-corrected chi connectivity index (χ1v) is 12.0. The highest BCUT2D eigenvalue weighted by atomic mass is 32.2. The number of benzene rings is 3. The van der Waals surface area contributed by atoms with Crippen LogP contribution in [0.15, 0.2) is 53.4 Å². The van der Waals surface area contributed by atoms with Crippen LogP contribution in [0.5, 0.6) is 5.75 Å². The summed E-state index contributed by atoms with van der Waals surface area (Å²) in [4.78, 5) is 27.8. The number of ether oxygens (including phenoxy) is 1. The Morgan fingerprint density at radius 3 is 2.44 bits per heavy atom. The first-order chi connectivity index (χ1) is 17.2. The van der Waals surface area contributed by atoms with Crippen molar-refractivity contribution >= 4 is 29.3 Å². The molecule has 0 bridgehead atoms. The van der Waals surface area contributed by atoms with E-state index < -0.39 is 46.5 Å². The highest BCUT2D eigenvalue weighted by molar-refractivity contribution is 8.01. The number of carbonyl (C=O) groups is 2. The van der Waals surface area contributed by atoms with Gasteiger partial charge >= 0.3 is 0 Å². The first-order valence-electron chi connectivity index (χ1n) is 11.1. The fourth-order valence-corrected chi connectivity index (χ4v) is 4.97. The largest absolute Gasteiger partial charge is 0.493 e. The summed E-state index contributed by atoms with van der Waals surface area (Å²) in [5, 5.41) is 1.93. The van der Waals surface area contributed by atoms with Crippen LogP contribution in [0.3, 0.4) is 0 Å². The Morgan fingerprint density at radius 2 is 1.75 bits per heavy atom. The van der Waals surface area contributed by atoms with Gasteiger partial charge in [0.15, 0.2) is 0 Å². The molecule has 0 saturated carbocycles. The number of hydrogen-bond donors (Lipinski definition) is 1. The standard InChI is InChI=1S/C26H22F4N2O3S/c1-3-35-23-6-4-5-19(28)18(23)13-32-22-8-7-15(9-24(22)36-14(2)26(32)34)25(33)31-12-17-20(29)10-16(27)11-21(17)30/h4-11,14H,3,12-13H2,1-2H3,(H,31,33). The van der Waals surface area contributed by atoms with Crippen LogP contribution in [0.25, 0.3) is 0 Å². The van der Waals surface area contributed by atoms with Gasteiger partial charge < -0.3 is 15.0 Å². The van der Waals surface area contributed by atoms with Gasteiger partial charge in [0.25, 0.3) is 5.91 Å². The molecule has 4 rings (SSSR count). The second-order valence-electron chi connectivity index (χ2n) is 8.05. The van der Waals surface area contributed by atoms with E-state index in [2.05, 4.69) is 5.32 Å². The van der Waals surface area contributed by atoms with E-state index in [0.29, 0.717) is 35.1 Å². The molecule has 0 radical (unpaired) electrons. The fourth-order valence-electron chi connectivity index (χ4n) is 3.87. The minimum atomic E-state index is -1.10. The van der Waals surface area contributed by atoms with E-state index in [4.69, 9.17) is 4.74 Å². The zero-order valence-corrected chi connectivity index (χ0v) is 20.2. The summed E-state index contributed by atoms with van der Waals surface area (Å²) < 4.78 is 61.1. The predicted molar refractivity (Wildman–Crippen MR) is 128 cm³/mol. The van der Waals surface area contributed by atoms with Crippen molar-refractivity contribution in [2.24, 2.45) is 0 Å². The summed E-state index contributed by atoms with van der Waals surface area (Å²) in [5.41, 5.74) is 0.480. The first kappa shape index (κ1) is 25.6. The third kappa shape index (κ3) is 5.18. The van der Waals surface area contributed by atoms with Gasteiger partial charge in [-0.3, -0.25) is 9.59 Å². The van der Waals surface area contributed by atoms with E-state index in [9.17, 15) is 27.2 Å². The number of rotatable bonds is 7. The minimum absolute atomic E-state index is 0.0621.